The summed E-state index contributed by atoms with van der Waals surface area (Å²) < 4.78 is 12.7. The van der Waals surface area contributed by atoms with Gasteiger partial charge in [0.25, 0.3) is 0 Å². The standard InChI is InChI=1S/C23H22INO3/c1-3-27-20-12-15(11-18(24)23(20)28-4-2)17-13-21(26)25-19-10-9-14-7-5-6-8-16(14)22(17)19/h5-12,17H,3-4,13H2,1-2H3,(H,25,26)/t17-/m1/s1. The molecule has 3 aromatic rings. The van der Waals surface area contributed by atoms with Gasteiger partial charge in [0.05, 0.1) is 16.8 Å². The van der Waals surface area contributed by atoms with E-state index in [2.05, 4.69) is 52.2 Å². The number of hydrogen-bond acceptors (Lipinski definition) is 3. The molecule has 1 heterocycles. The molecule has 0 unspecified atom stereocenters. The number of rotatable bonds is 5. The van der Waals surface area contributed by atoms with Gasteiger partial charge >= 0.3 is 0 Å². The van der Waals surface area contributed by atoms with E-state index in [1.54, 1.807) is 0 Å². The van der Waals surface area contributed by atoms with Gasteiger partial charge in [-0.3, -0.25) is 4.79 Å². The number of carbonyl (C=O) groups excluding carboxylic acids is 1. The topological polar surface area (TPSA) is 47.6 Å². The molecule has 1 atom stereocenters. The normalized spacial score (nSPS) is 15.8. The Morgan fingerprint density at radius 2 is 1.86 bits per heavy atom. The monoisotopic (exact) mass is 487 g/mol. The van der Waals surface area contributed by atoms with E-state index in [-0.39, 0.29) is 11.8 Å². The van der Waals surface area contributed by atoms with Crippen molar-refractivity contribution in [2.24, 2.45) is 0 Å². The largest absolute Gasteiger partial charge is 0.490 e. The summed E-state index contributed by atoms with van der Waals surface area (Å²) in [6.45, 7) is 5.07. The number of ether oxygens (including phenoxy) is 2. The summed E-state index contributed by atoms with van der Waals surface area (Å²) in [5, 5.41) is 5.39. The van der Waals surface area contributed by atoms with Gasteiger partial charge in [0.2, 0.25) is 5.91 Å². The number of benzene rings is 3. The first kappa shape index (κ1) is 19.1. The van der Waals surface area contributed by atoms with Crippen LogP contribution in [0.25, 0.3) is 10.8 Å². The fourth-order valence-corrected chi connectivity index (χ4v) is 4.67. The van der Waals surface area contributed by atoms with Crippen LogP contribution in [0.4, 0.5) is 5.69 Å². The van der Waals surface area contributed by atoms with Crippen LogP contribution in [-0.2, 0) is 4.79 Å². The number of fused-ring (bicyclic) bond motifs is 3. The van der Waals surface area contributed by atoms with Crippen molar-refractivity contribution < 1.29 is 14.3 Å². The lowest BCUT2D eigenvalue weighted by molar-refractivity contribution is -0.116. The molecule has 0 saturated heterocycles. The smallest absolute Gasteiger partial charge is 0.225 e. The van der Waals surface area contributed by atoms with Crippen LogP contribution in [0.3, 0.4) is 0 Å². The lowest BCUT2D eigenvalue weighted by Crippen LogP contribution is -2.24. The summed E-state index contributed by atoms with van der Waals surface area (Å²) in [4.78, 5) is 12.4. The first-order chi connectivity index (χ1) is 13.6. The third-order valence-electron chi connectivity index (χ3n) is 5.01. The zero-order valence-corrected chi connectivity index (χ0v) is 18.1. The molecule has 0 fully saturated rings. The molecule has 0 aromatic heterocycles. The fourth-order valence-electron chi connectivity index (χ4n) is 3.89. The van der Waals surface area contributed by atoms with Crippen LogP contribution in [-0.4, -0.2) is 19.1 Å². The minimum Gasteiger partial charge on any atom is -0.490 e. The number of halogens is 1. The third kappa shape index (κ3) is 3.43. The number of amides is 1. The van der Waals surface area contributed by atoms with Crippen molar-refractivity contribution >= 4 is 45.0 Å². The highest BCUT2D eigenvalue weighted by Crippen LogP contribution is 2.44. The van der Waals surface area contributed by atoms with E-state index in [0.717, 1.165) is 26.3 Å². The highest BCUT2D eigenvalue weighted by atomic mass is 127. The SMILES string of the molecule is CCOc1cc([C@H]2CC(=O)Nc3ccc4ccccc4c32)cc(I)c1OCC. The maximum atomic E-state index is 12.4. The van der Waals surface area contributed by atoms with Gasteiger partial charge in [0, 0.05) is 18.0 Å². The second kappa shape index (κ2) is 7.99. The first-order valence-corrected chi connectivity index (χ1v) is 10.6. The van der Waals surface area contributed by atoms with Crippen LogP contribution >= 0.6 is 22.6 Å². The lowest BCUT2D eigenvalue weighted by Gasteiger charge is -2.28. The zero-order valence-electron chi connectivity index (χ0n) is 15.9. The molecule has 4 nitrogen and oxygen atoms in total. The average molecular weight is 487 g/mol. The van der Waals surface area contributed by atoms with E-state index >= 15 is 0 Å². The molecule has 1 N–H and O–H groups in total. The summed E-state index contributed by atoms with van der Waals surface area (Å²) in [5.41, 5.74) is 3.13. The molecular weight excluding hydrogens is 465 g/mol. The molecule has 0 aliphatic carbocycles. The van der Waals surface area contributed by atoms with Crippen LogP contribution in [0.15, 0.2) is 48.5 Å². The quantitative estimate of drug-likeness (QED) is 0.469. The summed E-state index contributed by atoms with van der Waals surface area (Å²) in [6.07, 6.45) is 0.413. The first-order valence-electron chi connectivity index (χ1n) is 9.52. The molecule has 144 valence electrons. The Balaban J connectivity index is 1.91. The Kier molecular flexibility index (Phi) is 5.44. The number of hydrogen-bond donors (Lipinski definition) is 1. The van der Waals surface area contributed by atoms with Crippen LogP contribution in [0, 0.1) is 3.57 Å². The molecule has 28 heavy (non-hydrogen) atoms. The van der Waals surface area contributed by atoms with Crippen LogP contribution in [0.1, 0.15) is 37.3 Å². The molecule has 5 heteroatoms. The number of anilines is 1. The Morgan fingerprint density at radius 1 is 1.07 bits per heavy atom. The van der Waals surface area contributed by atoms with Crippen molar-refractivity contribution in [1.82, 2.24) is 0 Å². The van der Waals surface area contributed by atoms with Crippen LogP contribution in [0.2, 0.25) is 0 Å². The fraction of sp³-hybridized carbons (Fsp3) is 0.261. The minimum atomic E-state index is -0.0294. The average Bonchev–Trinajstić information content (AvgIpc) is 2.69. The van der Waals surface area contributed by atoms with Gasteiger partial charge in [-0.2, -0.15) is 0 Å². The lowest BCUT2D eigenvalue weighted by atomic mass is 9.82. The molecule has 1 aliphatic heterocycles. The van der Waals surface area contributed by atoms with E-state index in [4.69, 9.17) is 9.47 Å². The Hall–Kier alpha value is -2.28. The van der Waals surface area contributed by atoms with Crippen molar-refractivity contribution in [3.8, 4) is 11.5 Å². The van der Waals surface area contributed by atoms with Gasteiger partial charge in [-0.25, -0.2) is 0 Å². The summed E-state index contributed by atoms with van der Waals surface area (Å²) >= 11 is 2.29. The minimum absolute atomic E-state index is 0.0294. The molecule has 1 aliphatic rings. The van der Waals surface area contributed by atoms with E-state index < -0.39 is 0 Å². The molecule has 0 radical (unpaired) electrons. The van der Waals surface area contributed by atoms with E-state index in [1.165, 1.54) is 16.3 Å². The van der Waals surface area contributed by atoms with Crippen molar-refractivity contribution in [1.29, 1.82) is 0 Å². The van der Waals surface area contributed by atoms with Crippen molar-refractivity contribution in [2.45, 2.75) is 26.2 Å². The van der Waals surface area contributed by atoms with Crippen molar-refractivity contribution in [3.63, 3.8) is 0 Å². The maximum absolute atomic E-state index is 12.4. The molecule has 0 spiro atoms. The van der Waals surface area contributed by atoms with Gasteiger partial charge in [0.15, 0.2) is 11.5 Å². The van der Waals surface area contributed by atoms with E-state index in [0.29, 0.717) is 19.6 Å². The maximum Gasteiger partial charge on any atom is 0.225 e. The molecule has 4 rings (SSSR count). The van der Waals surface area contributed by atoms with Gasteiger partial charge in [0.1, 0.15) is 0 Å². The third-order valence-corrected chi connectivity index (χ3v) is 5.81. The highest BCUT2D eigenvalue weighted by molar-refractivity contribution is 14.1. The van der Waals surface area contributed by atoms with E-state index in [1.807, 2.05) is 38.1 Å². The second-order valence-electron chi connectivity index (χ2n) is 6.75. The summed E-state index contributed by atoms with van der Waals surface area (Å²) in [7, 11) is 0. The number of nitrogens with one attached hydrogen (secondary N) is 1. The van der Waals surface area contributed by atoms with Crippen molar-refractivity contribution in [3.05, 3.63) is 63.2 Å². The number of carbonyl (C=O) groups is 1. The summed E-state index contributed by atoms with van der Waals surface area (Å²) in [5.74, 6) is 1.51. The zero-order chi connectivity index (χ0) is 19.7. The van der Waals surface area contributed by atoms with Gasteiger partial charge in [-0.15, -0.1) is 0 Å². The Bertz CT molecular complexity index is 1050. The molecular formula is C23H22INO3. The Morgan fingerprint density at radius 3 is 2.64 bits per heavy atom. The van der Waals surface area contributed by atoms with Crippen LogP contribution in [0.5, 0.6) is 11.5 Å². The predicted molar refractivity (Wildman–Crippen MR) is 121 cm³/mol. The molecule has 0 saturated carbocycles. The highest BCUT2D eigenvalue weighted by Gasteiger charge is 2.29. The van der Waals surface area contributed by atoms with E-state index in [9.17, 15) is 4.79 Å². The second-order valence-corrected chi connectivity index (χ2v) is 7.91. The van der Waals surface area contributed by atoms with Gasteiger partial charge in [-0.1, -0.05) is 30.3 Å². The summed E-state index contributed by atoms with van der Waals surface area (Å²) in [6, 6.07) is 16.5. The molecule has 0 bridgehead atoms. The van der Waals surface area contributed by atoms with Gasteiger partial charge in [-0.05, 0) is 76.5 Å². The Labute approximate surface area is 178 Å². The predicted octanol–water partition coefficient (Wildman–Crippen LogP) is 5.72. The van der Waals surface area contributed by atoms with Crippen molar-refractivity contribution in [2.75, 3.05) is 18.5 Å². The van der Waals surface area contributed by atoms with Crippen LogP contribution < -0.4 is 14.8 Å². The molecule has 3 aromatic carbocycles. The molecule has 1 amide bonds. The van der Waals surface area contributed by atoms with Gasteiger partial charge < -0.3 is 14.8 Å².